The second kappa shape index (κ2) is 8.20. The maximum Gasteiger partial charge on any atom is 0.226 e. The van der Waals surface area contributed by atoms with Gasteiger partial charge in [0, 0.05) is 16.5 Å². The zero-order valence-corrected chi connectivity index (χ0v) is 14.6. The van der Waals surface area contributed by atoms with Crippen molar-refractivity contribution in [2.45, 2.75) is 6.42 Å². The molecular weight excluding hydrogens is 366 g/mol. The highest BCUT2D eigenvalue weighted by Crippen LogP contribution is 2.17. The molecular formula is C17H17BrClNO2. The molecule has 0 spiro atoms. The van der Waals surface area contributed by atoms with E-state index in [1.165, 1.54) is 0 Å². The zero-order chi connectivity index (χ0) is 15.9. The number of halogens is 2. The van der Waals surface area contributed by atoms with Crippen LogP contribution in [-0.2, 0) is 11.2 Å². The summed E-state index contributed by atoms with van der Waals surface area (Å²) in [5, 5.41) is 0.636. The van der Waals surface area contributed by atoms with E-state index in [1.54, 1.807) is 24.1 Å². The molecule has 0 atom stereocenters. The third-order valence-corrected chi connectivity index (χ3v) is 3.95. The standard InChI is InChI=1S/C17H17BrClNO2/c1-20(9-10-22-16-4-2-3-15(19)12-16)17(21)11-13-5-7-14(18)8-6-13/h2-8,12H,9-11H2,1H3. The van der Waals surface area contributed by atoms with Gasteiger partial charge < -0.3 is 9.64 Å². The number of likely N-dealkylation sites (N-methyl/N-ethyl adjacent to an activating group) is 1. The van der Waals surface area contributed by atoms with Crippen molar-refractivity contribution in [3.05, 3.63) is 63.6 Å². The fourth-order valence-corrected chi connectivity index (χ4v) is 2.34. The summed E-state index contributed by atoms with van der Waals surface area (Å²) in [6, 6.07) is 15.0. The molecule has 0 saturated carbocycles. The molecule has 2 aromatic carbocycles. The molecule has 0 bridgehead atoms. The van der Waals surface area contributed by atoms with Gasteiger partial charge in [-0.2, -0.15) is 0 Å². The van der Waals surface area contributed by atoms with Crippen LogP contribution in [0.3, 0.4) is 0 Å². The zero-order valence-electron chi connectivity index (χ0n) is 12.3. The van der Waals surface area contributed by atoms with Crippen LogP contribution in [0.1, 0.15) is 5.56 Å². The van der Waals surface area contributed by atoms with Crippen molar-refractivity contribution in [1.82, 2.24) is 4.90 Å². The molecule has 0 fully saturated rings. The van der Waals surface area contributed by atoms with Gasteiger partial charge >= 0.3 is 0 Å². The van der Waals surface area contributed by atoms with Crippen molar-refractivity contribution in [2.24, 2.45) is 0 Å². The van der Waals surface area contributed by atoms with Crippen LogP contribution >= 0.6 is 27.5 Å². The van der Waals surface area contributed by atoms with E-state index < -0.39 is 0 Å². The molecule has 0 saturated heterocycles. The number of rotatable bonds is 6. The van der Waals surface area contributed by atoms with Crippen LogP contribution in [0, 0.1) is 0 Å². The first-order valence-corrected chi connectivity index (χ1v) is 8.08. The number of amides is 1. The number of hydrogen-bond acceptors (Lipinski definition) is 2. The van der Waals surface area contributed by atoms with Crippen LogP contribution in [0.15, 0.2) is 53.0 Å². The minimum Gasteiger partial charge on any atom is -0.492 e. The molecule has 0 heterocycles. The molecule has 0 aliphatic rings. The van der Waals surface area contributed by atoms with Gasteiger partial charge in [-0.15, -0.1) is 0 Å². The molecule has 0 aliphatic heterocycles. The highest BCUT2D eigenvalue weighted by atomic mass is 79.9. The van der Waals surface area contributed by atoms with Crippen molar-refractivity contribution < 1.29 is 9.53 Å². The average molecular weight is 383 g/mol. The second-order valence-corrected chi connectivity index (χ2v) is 6.28. The number of carbonyl (C=O) groups is 1. The summed E-state index contributed by atoms with van der Waals surface area (Å²) < 4.78 is 6.60. The third-order valence-electron chi connectivity index (χ3n) is 3.19. The predicted octanol–water partition coefficient (Wildman–Crippen LogP) is 4.18. The van der Waals surface area contributed by atoms with Crippen LogP contribution in [0.2, 0.25) is 5.02 Å². The maximum atomic E-state index is 12.1. The van der Waals surface area contributed by atoms with Crippen LogP contribution in [0.25, 0.3) is 0 Å². The summed E-state index contributed by atoms with van der Waals surface area (Å²) in [6.07, 6.45) is 0.390. The van der Waals surface area contributed by atoms with E-state index in [4.69, 9.17) is 16.3 Å². The van der Waals surface area contributed by atoms with E-state index in [2.05, 4.69) is 15.9 Å². The molecule has 0 N–H and O–H groups in total. The lowest BCUT2D eigenvalue weighted by Gasteiger charge is -2.17. The van der Waals surface area contributed by atoms with Gasteiger partial charge in [0.2, 0.25) is 5.91 Å². The van der Waals surface area contributed by atoms with Gasteiger partial charge in [0.25, 0.3) is 0 Å². The summed E-state index contributed by atoms with van der Waals surface area (Å²) in [5.41, 5.74) is 0.996. The number of benzene rings is 2. The Labute approximate surface area is 144 Å². The van der Waals surface area contributed by atoms with Crippen LogP contribution < -0.4 is 4.74 Å². The first-order valence-electron chi connectivity index (χ1n) is 6.91. The largest absolute Gasteiger partial charge is 0.492 e. The Morgan fingerprint density at radius 3 is 2.64 bits per heavy atom. The molecule has 0 aliphatic carbocycles. The number of hydrogen-bond donors (Lipinski definition) is 0. The molecule has 0 unspecified atom stereocenters. The Balaban J connectivity index is 1.77. The molecule has 0 aromatic heterocycles. The molecule has 22 heavy (non-hydrogen) atoms. The van der Waals surface area contributed by atoms with E-state index in [1.807, 2.05) is 36.4 Å². The van der Waals surface area contributed by atoms with Crippen molar-refractivity contribution >= 4 is 33.4 Å². The Morgan fingerprint density at radius 1 is 1.23 bits per heavy atom. The molecule has 5 heteroatoms. The van der Waals surface area contributed by atoms with E-state index in [-0.39, 0.29) is 5.91 Å². The highest BCUT2D eigenvalue weighted by Gasteiger charge is 2.09. The quantitative estimate of drug-likeness (QED) is 0.750. The van der Waals surface area contributed by atoms with Crippen LogP contribution in [-0.4, -0.2) is 31.0 Å². The Morgan fingerprint density at radius 2 is 1.95 bits per heavy atom. The number of ether oxygens (including phenoxy) is 1. The van der Waals surface area contributed by atoms with Gasteiger partial charge in [-0.1, -0.05) is 45.7 Å². The van der Waals surface area contributed by atoms with Crippen molar-refractivity contribution in [2.75, 3.05) is 20.2 Å². The summed E-state index contributed by atoms with van der Waals surface area (Å²) in [5.74, 6) is 0.776. The van der Waals surface area contributed by atoms with Gasteiger partial charge in [-0.25, -0.2) is 0 Å². The predicted molar refractivity (Wildman–Crippen MR) is 92.4 cm³/mol. The van der Waals surface area contributed by atoms with Crippen molar-refractivity contribution in [1.29, 1.82) is 0 Å². The van der Waals surface area contributed by atoms with Gasteiger partial charge in [-0.3, -0.25) is 4.79 Å². The molecule has 1 amide bonds. The summed E-state index contributed by atoms with van der Waals surface area (Å²) >= 11 is 9.27. The first kappa shape index (κ1) is 16.8. The van der Waals surface area contributed by atoms with E-state index in [0.717, 1.165) is 10.0 Å². The SMILES string of the molecule is CN(CCOc1cccc(Cl)c1)C(=O)Cc1ccc(Br)cc1. The Kier molecular flexibility index (Phi) is 6.28. The average Bonchev–Trinajstić information content (AvgIpc) is 2.49. The lowest BCUT2D eigenvalue weighted by Crippen LogP contribution is -2.32. The maximum absolute atomic E-state index is 12.1. The van der Waals surface area contributed by atoms with Gasteiger partial charge in [-0.05, 0) is 35.9 Å². The highest BCUT2D eigenvalue weighted by molar-refractivity contribution is 9.10. The number of nitrogens with zero attached hydrogens (tertiary/aromatic N) is 1. The minimum absolute atomic E-state index is 0.0667. The smallest absolute Gasteiger partial charge is 0.226 e. The fraction of sp³-hybridized carbons (Fsp3) is 0.235. The van der Waals surface area contributed by atoms with Crippen LogP contribution in [0.5, 0.6) is 5.75 Å². The lowest BCUT2D eigenvalue weighted by atomic mass is 10.1. The number of carbonyl (C=O) groups excluding carboxylic acids is 1. The van der Waals surface area contributed by atoms with Crippen molar-refractivity contribution in [3.8, 4) is 5.75 Å². The van der Waals surface area contributed by atoms with E-state index >= 15 is 0 Å². The molecule has 2 aromatic rings. The van der Waals surface area contributed by atoms with Crippen molar-refractivity contribution in [3.63, 3.8) is 0 Å². The summed E-state index contributed by atoms with van der Waals surface area (Å²) in [6.45, 7) is 0.963. The van der Waals surface area contributed by atoms with Gasteiger partial charge in [0.15, 0.2) is 0 Å². The normalized spacial score (nSPS) is 10.3. The second-order valence-electron chi connectivity index (χ2n) is 4.92. The Bertz CT molecular complexity index is 631. The van der Waals surface area contributed by atoms with Crippen LogP contribution in [0.4, 0.5) is 0 Å². The Hall–Kier alpha value is -1.52. The summed E-state index contributed by atoms with van der Waals surface area (Å²) in [7, 11) is 1.78. The summed E-state index contributed by atoms with van der Waals surface area (Å²) in [4.78, 5) is 13.8. The third kappa shape index (κ3) is 5.35. The molecule has 116 valence electrons. The minimum atomic E-state index is 0.0667. The topological polar surface area (TPSA) is 29.5 Å². The van der Waals surface area contributed by atoms with Gasteiger partial charge in [0.05, 0.1) is 13.0 Å². The van der Waals surface area contributed by atoms with E-state index in [0.29, 0.717) is 30.3 Å². The lowest BCUT2D eigenvalue weighted by molar-refractivity contribution is -0.129. The molecule has 3 nitrogen and oxygen atoms in total. The fourth-order valence-electron chi connectivity index (χ4n) is 1.89. The molecule has 2 rings (SSSR count). The molecule has 0 radical (unpaired) electrons. The van der Waals surface area contributed by atoms with E-state index in [9.17, 15) is 4.79 Å². The first-order chi connectivity index (χ1) is 10.5. The van der Waals surface area contributed by atoms with Gasteiger partial charge in [0.1, 0.15) is 12.4 Å². The monoisotopic (exact) mass is 381 g/mol.